The van der Waals surface area contributed by atoms with E-state index < -0.39 is 6.23 Å². The molecule has 20 heavy (non-hydrogen) atoms. The lowest BCUT2D eigenvalue weighted by molar-refractivity contribution is -0.150. The highest BCUT2D eigenvalue weighted by atomic mass is 16.3. The van der Waals surface area contributed by atoms with Crippen LogP contribution in [0.5, 0.6) is 0 Å². The third-order valence-electron chi connectivity index (χ3n) is 4.22. The number of fused-ring (bicyclic) bond motifs is 1. The average molecular weight is 275 g/mol. The van der Waals surface area contributed by atoms with Gasteiger partial charge in [0.25, 0.3) is 5.91 Å². The van der Waals surface area contributed by atoms with Crippen LogP contribution in [-0.4, -0.2) is 46.0 Å². The van der Waals surface area contributed by atoms with E-state index in [9.17, 15) is 14.7 Å². The number of nitrogens with zero attached hydrogens (tertiary/aromatic N) is 2. The van der Waals surface area contributed by atoms with Crippen LogP contribution in [0, 0.1) is 0 Å². The number of likely N-dealkylation sites (N-methyl/N-ethyl adjacent to an activating group) is 1. The Labute approximate surface area is 116 Å². The van der Waals surface area contributed by atoms with Crippen LogP contribution in [0.4, 0.5) is 5.69 Å². The van der Waals surface area contributed by atoms with Crippen molar-refractivity contribution in [3.8, 4) is 0 Å². The van der Waals surface area contributed by atoms with Gasteiger partial charge >= 0.3 is 0 Å². The van der Waals surface area contributed by atoms with Crippen molar-refractivity contribution in [2.75, 3.05) is 12.8 Å². The van der Waals surface area contributed by atoms with Crippen molar-refractivity contribution in [2.45, 2.75) is 31.7 Å². The number of nitrogen functional groups attached to an aromatic ring is 1. The minimum absolute atomic E-state index is 0.0996. The number of nitrogens with two attached hydrogens (primary N) is 1. The molecule has 0 aromatic heterocycles. The molecule has 0 aliphatic carbocycles. The highest BCUT2D eigenvalue weighted by Crippen LogP contribution is 2.32. The summed E-state index contributed by atoms with van der Waals surface area (Å²) < 4.78 is 0. The lowest BCUT2D eigenvalue weighted by atomic mass is 10.0. The molecule has 1 fully saturated rings. The van der Waals surface area contributed by atoms with E-state index in [0.29, 0.717) is 30.6 Å². The molecule has 106 valence electrons. The zero-order valence-corrected chi connectivity index (χ0v) is 11.2. The van der Waals surface area contributed by atoms with E-state index >= 15 is 0 Å². The Hall–Kier alpha value is -2.08. The van der Waals surface area contributed by atoms with Gasteiger partial charge < -0.3 is 20.6 Å². The molecule has 0 bridgehead atoms. The zero-order chi connectivity index (χ0) is 14.4. The lowest BCUT2D eigenvalue weighted by Crippen LogP contribution is -2.56. The molecule has 2 aliphatic heterocycles. The fourth-order valence-electron chi connectivity index (χ4n) is 2.97. The van der Waals surface area contributed by atoms with Crippen LogP contribution in [0.15, 0.2) is 18.2 Å². The van der Waals surface area contributed by atoms with Crippen molar-refractivity contribution in [1.29, 1.82) is 0 Å². The first-order chi connectivity index (χ1) is 9.50. The highest BCUT2D eigenvalue weighted by molar-refractivity contribution is 6.00. The number of hydrogen-bond acceptors (Lipinski definition) is 4. The van der Waals surface area contributed by atoms with Crippen LogP contribution in [-0.2, 0) is 11.3 Å². The summed E-state index contributed by atoms with van der Waals surface area (Å²) in [5, 5.41) is 10.2. The Morgan fingerprint density at radius 1 is 1.35 bits per heavy atom. The van der Waals surface area contributed by atoms with Crippen LogP contribution in [0.25, 0.3) is 0 Å². The van der Waals surface area contributed by atoms with Gasteiger partial charge in [0, 0.05) is 36.8 Å². The predicted molar refractivity (Wildman–Crippen MR) is 72.5 cm³/mol. The Morgan fingerprint density at radius 2 is 2.10 bits per heavy atom. The summed E-state index contributed by atoms with van der Waals surface area (Å²) in [6.45, 7) is 0.393. The van der Waals surface area contributed by atoms with Gasteiger partial charge in [0.15, 0.2) is 0 Å². The topological polar surface area (TPSA) is 86.9 Å². The number of anilines is 1. The smallest absolute Gasteiger partial charge is 0.254 e. The molecule has 3 N–H and O–H groups in total. The zero-order valence-electron chi connectivity index (χ0n) is 11.2. The largest absolute Gasteiger partial charge is 0.398 e. The highest BCUT2D eigenvalue weighted by Gasteiger charge is 2.41. The average Bonchev–Trinajstić information content (AvgIpc) is 2.76. The Balaban J connectivity index is 1.89. The van der Waals surface area contributed by atoms with Crippen molar-refractivity contribution >= 4 is 17.5 Å². The molecule has 0 saturated carbocycles. The van der Waals surface area contributed by atoms with E-state index in [0.717, 1.165) is 5.56 Å². The fraction of sp³-hybridized carbons (Fsp3) is 0.429. The molecular formula is C14H17N3O3. The molecule has 0 radical (unpaired) electrons. The van der Waals surface area contributed by atoms with Gasteiger partial charge in [-0.15, -0.1) is 0 Å². The van der Waals surface area contributed by atoms with Gasteiger partial charge in [-0.25, -0.2) is 0 Å². The number of carbonyl (C=O) groups is 2. The second kappa shape index (κ2) is 4.49. The predicted octanol–water partition coefficient (Wildman–Crippen LogP) is 0.164. The SMILES string of the molecule is CN1C(=O)CCC(N2Cc3c(N)cccc3C2=O)C1O. The van der Waals surface area contributed by atoms with Crippen LogP contribution in [0.2, 0.25) is 0 Å². The minimum Gasteiger partial charge on any atom is -0.398 e. The summed E-state index contributed by atoms with van der Waals surface area (Å²) in [5.74, 6) is -0.225. The van der Waals surface area contributed by atoms with Crippen molar-refractivity contribution < 1.29 is 14.7 Å². The summed E-state index contributed by atoms with van der Waals surface area (Å²) in [6, 6.07) is 4.89. The van der Waals surface area contributed by atoms with Gasteiger partial charge in [-0.1, -0.05) is 6.07 Å². The van der Waals surface area contributed by atoms with E-state index in [1.807, 2.05) is 0 Å². The number of hydrogen-bond donors (Lipinski definition) is 2. The summed E-state index contributed by atoms with van der Waals surface area (Å²) in [5.41, 5.74) is 7.90. The summed E-state index contributed by atoms with van der Waals surface area (Å²) in [7, 11) is 1.56. The number of piperidine rings is 1. The van der Waals surface area contributed by atoms with Crippen LogP contribution in [0.1, 0.15) is 28.8 Å². The number of rotatable bonds is 1. The molecule has 2 heterocycles. The van der Waals surface area contributed by atoms with Gasteiger partial charge in [0.05, 0.1) is 6.04 Å². The Bertz CT molecular complexity index is 587. The summed E-state index contributed by atoms with van der Waals surface area (Å²) in [6.07, 6.45) is -0.145. The lowest BCUT2D eigenvalue weighted by Gasteiger charge is -2.40. The number of benzene rings is 1. The monoisotopic (exact) mass is 275 g/mol. The first-order valence-corrected chi connectivity index (χ1v) is 6.62. The van der Waals surface area contributed by atoms with Gasteiger partial charge in [-0.05, 0) is 18.6 Å². The first kappa shape index (κ1) is 12.9. The molecule has 2 unspecified atom stereocenters. The number of aliphatic hydroxyl groups is 1. The van der Waals surface area contributed by atoms with Gasteiger partial charge in [0.2, 0.25) is 5.91 Å². The number of amides is 2. The normalized spacial score (nSPS) is 26.1. The van der Waals surface area contributed by atoms with E-state index in [2.05, 4.69) is 0 Å². The molecule has 1 aromatic rings. The van der Waals surface area contributed by atoms with Gasteiger partial charge in [0.1, 0.15) is 6.23 Å². The van der Waals surface area contributed by atoms with Crippen molar-refractivity contribution in [1.82, 2.24) is 9.80 Å². The maximum absolute atomic E-state index is 12.4. The summed E-state index contributed by atoms with van der Waals surface area (Å²) in [4.78, 5) is 26.9. The third kappa shape index (κ3) is 1.76. The standard InChI is InChI=1S/C14H17N3O3/c1-16-12(18)6-5-11(14(16)20)17-7-9-8(13(17)19)3-2-4-10(9)15/h2-4,11,14,20H,5-7,15H2,1H3. The molecule has 3 rings (SSSR count). The van der Waals surface area contributed by atoms with Gasteiger partial charge in [-0.2, -0.15) is 0 Å². The second-order valence-electron chi connectivity index (χ2n) is 5.33. The fourth-order valence-corrected chi connectivity index (χ4v) is 2.97. The van der Waals surface area contributed by atoms with E-state index in [-0.39, 0.29) is 17.9 Å². The first-order valence-electron chi connectivity index (χ1n) is 6.62. The third-order valence-corrected chi connectivity index (χ3v) is 4.22. The molecule has 0 spiro atoms. The Kier molecular flexibility index (Phi) is 2.90. The maximum atomic E-state index is 12.4. The molecule has 6 heteroatoms. The second-order valence-corrected chi connectivity index (χ2v) is 5.33. The molecule has 1 saturated heterocycles. The minimum atomic E-state index is -0.962. The molecule has 2 aliphatic rings. The quantitative estimate of drug-likeness (QED) is 0.715. The van der Waals surface area contributed by atoms with Crippen molar-refractivity contribution in [3.63, 3.8) is 0 Å². The van der Waals surface area contributed by atoms with E-state index in [1.165, 1.54) is 4.90 Å². The number of aliphatic hydroxyl groups excluding tert-OH is 1. The Morgan fingerprint density at radius 3 is 2.80 bits per heavy atom. The van der Waals surface area contributed by atoms with Crippen molar-refractivity contribution in [2.24, 2.45) is 0 Å². The van der Waals surface area contributed by atoms with Crippen LogP contribution >= 0.6 is 0 Å². The summed E-state index contributed by atoms with van der Waals surface area (Å²) >= 11 is 0. The molecule has 2 amide bonds. The van der Waals surface area contributed by atoms with Crippen molar-refractivity contribution in [3.05, 3.63) is 29.3 Å². The molecule has 2 atom stereocenters. The van der Waals surface area contributed by atoms with Gasteiger partial charge in [-0.3, -0.25) is 9.59 Å². The molecule has 1 aromatic carbocycles. The molecular weight excluding hydrogens is 258 g/mol. The van der Waals surface area contributed by atoms with E-state index in [1.54, 1.807) is 30.1 Å². The number of carbonyl (C=O) groups excluding carboxylic acids is 2. The van der Waals surface area contributed by atoms with Crippen LogP contribution in [0.3, 0.4) is 0 Å². The van der Waals surface area contributed by atoms with Crippen LogP contribution < -0.4 is 5.73 Å². The number of likely N-dealkylation sites (tertiary alicyclic amines) is 1. The molecule has 6 nitrogen and oxygen atoms in total. The van der Waals surface area contributed by atoms with E-state index in [4.69, 9.17) is 5.73 Å². The maximum Gasteiger partial charge on any atom is 0.254 e.